The van der Waals surface area contributed by atoms with Crippen LogP contribution in [0.5, 0.6) is 0 Å². The molecule has 4 nitrogen and oxygen atoms in total. The molecule has 1 unspecified atom stereocenters. The molecule has 1 fully saturated rings. The van der Waals surface area contributed by atoms with Crippen LogP contribution in [0.3, 0.4) is 0 Å². The molecule has 1 rings (SSSR count). The summed E-state index contributed by atoms with van der Waals surface area (Å²) in [4.78, 5) is 11.0. The summed E-state index contributed by atoms with van der Waals surface area (Å²) >= 11 is 4.83. The zero-order chi connectivity index (χ0) is 10.4. The number of carbonyl (C=O) groups is 1. The van der Waals surface area contributed by atoms with Gasteiger partial charge in [0.1, 0.15) is 12.7 Å². The first-order valence-corrected chi connectivity index (χ1v) is 5.06. The monoisotopic (exact) mass is 218 g/mol. The van der Waals surface area contributed by atoms with Crippen molar-refractivity contribution >= 4 is 23.2 Å². The fourth-order valence-corrected chi connectivity index (χ4v) is 0.856. The second-order valence-corrected chi connectivity index (χ2v) is 3.42. The van der Waals surface area contributed by atoms with Gasteiger partial charge in [-0.1, -0.05) is 6.92 Å². The first-order chi connectivity index (χ1) is 6.72. The highest BCUT2D eigenvalue weighted by atomic mass is 32.1. The Morgan fingerprint density at radius 2 is 2.29 bits per heavy atom. The lowest BCUT2D eigenvalue weighted by molar-refractivity contribution is -0.144. The van der Waals surface area contributed by atoms with Gasteiger partial charge in [0.15, 0.2) is 5.05 Å². The fourth-order valence-electron chi connectivity index (χ4n) is 0.773. The van der Waals surface area contributed by atoms with Gasteiger partial charge >= 0.3 is 5.97 Å². The van der Waals surface area contributed by atoms with Gasteiger partial charge in [0.05, 0.1) is 19.6 Å². The van der Waals surface area contributed by atoms with Crippen LogP contribution in [-0.2, 0) is 19.0 Å². The predicted molar refractivity (Wildman–Crippen MR) is 54.2 cm³/mol. The van der Waals surface area contributed by atoms with E-state index in [-0.39, 0.29) is 18.5 Å². The summed E-state index contributed by atoms with van der Waals surface area (Å²) in [7, 11) is 0. The molecule has 1 saturated heterocycles. The van der Waals surface area contributed by atoms with Gasteiger partial charge in [0.25, 0.3) is 0 Å². The number of hydrogen-bond acceptors (Lipinski definition) is 5. The highest BCUT2D eigenvalue weighted by Crippen LogP contribution is 2.08. The molecule has 0 aromatic carbocycles. The largest absolute Gasteiger partial charge is 0.486 e. The second kappa shape index (κ2) is 5.93. The standard InChI is InChI=1S/C9H14O4S/c1-2-9(14)11-4-3-8(10)13-6-7-5-12-7/h7H,2-6H2,1H3. The maximum atomic E-state index is 11.0. The van der Waals surface area contributed by atoms with Crippen molar-refractivity contribution in [2.24, 2.45) is 0 Å². The Kier molecular flexibility index (Phi) is 4.82. The molecule has 0 N–H and O–H groups in total. The minimum atomic E-state index is -0.264. The van der Waals surface area contributed by atoms with Gasteiger partial charge in [0.2, 0.25) is 0 Å². The van der Waals surface area contributed by atoms with Crippen molar-refractivity contribution in [3.8, 4) is 0 Å². The van der Waals surface area contributed by atoms with Crippen LogP contribution < -0.4 is 0 Å². The topological polar surface area (TPSA) is 48.1 Å². The van der Waals surface area contributed by atoms with E-state index in [0.717, 1.165) is 0 Å². The van der Waals surface area contributed by atoms with E-state index in [9.17, 15) is 4.79 Å². The first kappa shape index (κ1) is 11.4. The van der Waals surface area contributed by atoms with E-state index >= 15 is 0 Å². The molecule has 5 heteroatoms. The highest BCUT2D eigenvalue weighted by molar-refractivity contribution is 7.80. The summed E-state index contributed by atoms with van der Waals surface area (Å²) in [5.41, 5.74) is 0. The van der Waals surface area contributed by atoms with E-state index < -0.39 is 0 Å². The SMILES string of the molecule is CCC(=S)OCCC(=O)OCC1CO1. The number of thiocarbonyl (C=S) groups is 1. The van der Waals surface area contributed by atoms with E-state index in [1.807, 2.05) is 6.92 Å². The van der Waals surface area contributed by atoms with E-state index in [1.54, 1.807) is 0 Å². The van der Waals surface area contributed by atoms with Crippen LogP contribution >= 0.6 is 12.2 Å². The van der Waals surface area contributed by atoms with Crippen LogP contribution in [0.2, 0.25) is 0 Å². The molecule has 80 valence electrons. The van der Waals surface area contributed by atoms with E-state index in [1.165, 1.54) is 0 Å². The number of carbonyl (C=O) groups excluding carboxylic acids is 1. The Hall–Kier alpha value is -0.680. The Morgan fingerprint density at radius 3 is 2.86 bits per heavy atom. The molecule has 0 saturated carbocycles. The summed E-state index contributed by atoms with van der Waals surface area (Å²) < 4.78 is 14.9. The van der Waals surface area contributed by atoms with Crippen LogP contribution in [0.4, 0.5) is 0 Å². The van der Waals surface area contributed by atoms with Gasteiger partial charge in [-0.3, -0.25) is 4.79 Å². The van der Waals surface area contributed by atoms with E-state index in [2.05, 4.69) is 0 Å². The molecule has 0 radical (unpaired) electrons. The van der Waals surface area contributed by atoms with Crippen LogP contribution in [0.1, 0.15) is 19.8 Å². The summed E-state index contributed by atoms with van der Waals surface area (Å²) in [6.45, 7) is 3.27. The van der Waals surface area contributed by atoms with Crippen molar-refractivity contribution in [3.63, 3.8) is 0 Å². The van der Waals surface area contributed by atoms with Crippen molar-refractivity contribution in [1.29, 1.82) is 0 Å². The van der Waals surface area contributed by atoms with Crippen molar-refractivity contribution < 1.29 is 19.0 Å². The number of ether oxygens (including phenoxy) is 3. The van der Waals surface area contributed by atoms with Crippen LogP contribution in [0, 0.1) is 0 Å². The van der Waals surface area contributed by atoms with E-state index in [0.29, 0.717) is 31.3 Å². The minimum Gasteiger partial charge on any atom is -0.486 e. The highest BCUT2D eigenvalue weighted by Gasteiger charge is 2.24. The third-order valence-corrected chi connectivity index (χ3v) is 2.10. The summed E-state index contributed by atoms with van der Waals surface area (Å²) in [6.07, 6.45) is 1.06. The molecular formula is C9H14O4S. The lowest BCUT2D eigenvalue weighted by Gasteiger charge is -2.05. The zero-order valence-electron chi connectivity index (χ0n) is 8.15. The van der Waals surface area contributed by atoms with Gasteiger partial charge in [-0.15, -0.1) is 0 Å². The molecule has 1 aliphatic rings. The Labute approximate surface area is 88.5 Å². The van der Waals surface area contributed by atoms with Gasteiger partial charge in [-0.05, 0) is 12.2 Å². The maximum Gasteiger partial charge on any atom is 0.309 e. The van der Waals surface area contributed by atoms with Gasteiger partial charge in [0, 0.05) is 6.42 Å². The summed E-state index contributed by atoms with van der Waals surface area (Å²) in [5, 5.41) is 0.531. The third kappa shape index (κ3) is 5.14. The van der Waals surface area contributed by atoms with Gasteiger partial charge in [-0.2, -0.15) is 0 Å². The first-order valence-electron chi connectivity index (χ1n) is 4.65. The lowest BCUT2D eigenvalue weighted by atomic mass is 10.4. The molecule has 14 heavy (non-hydrogen) atoms. The molecule has 0 bridgehead atoms. The van der Waals surface area contributed by atoms with Crippen molar-refractivity contribution in [2.45, 2.75) is 25.9 Å². The Balaban J connectivity index is 1.93. The van der Waals surface area contributed by atoms with Crippen LogP contribution in [-0.4, -0.2) is 36.9 Å². The molecule has 1 aliphatic heterocycles. The lowest BCUT2D eigenvalue weighted by Crippen LogP contribution is -2.13. The quantitative estimate of drug-likeness (QED) is 0.379. The predicted octanol–water partition coefficient (Wildman–Crippen LogP) is 1.07. The zero-order valence-corrected chi connectivity index (χ0v) is 8.97. The molecule has 1 heterocycles. The summed E-state index contributed by atoms with van der Waals surface area (Å²) in [6, 6.07) is 0. The molecule has 0 amide bonds. The van der Waals surface area contributed by atoms with Crippen molar-refractivity contribution in [2.75, 3.05) is 19.8 Å². The molecule has 0 aromatic rings. The molecule has 1 atom stereocenters. The molecule has 0 spiro atoms. The fraction of sp³-hybridized carbons (Fsp3) is 0.778. The average Bonchev–Trinajstić information content (AvgIpc) is 2.98. The second-order valence-electron chi connectivity index (χ2n) is 2.96. The van der Waals surface area contributed by atoms with Crippen LogP contribution in [0.25, 0.3) is 0 Å². The third-order valence-electron chi connectivity index (χ3n) is 1.69. The molecular weight excluding hydrogens is 204 g/mol. The average molecular weight is 218 g/mol. The summed E-state index contributed by atoms with van der Waals surface area (Å²) in [5.74, 6) is -0.264. The number of epoxide rings is 1. The smallest absolute Gasteiger partial charge is 0.309 e. The number of rotatable bonds is 6. The molecule has 0 aromatic heterocycles. The Morgan fingerprint density at radius 1 is 1.57 bits per heavy atom. The van der Waals surface area contributed by atoms with Crippen molar-refractivity contribution in [3.05, 3.63) is 0 Å². The van der Waals surface area contributed by atoms with E-state index in [4.69, 9.17) is 26.4 Å². The van der Waals surface area contributed by atoms with Gasteiger partial charge in [-0.25, -0.2) is 0 Å². The Bertz CT molecular complexity index is 213. The normalized spacial score (nSPS) is 18.8. The van der Waals surface area contributed by atoms with Crippen molar-refractivity contribution in [1.82, 2.24) is 0 Å². The minimum absolute atomic E-state index is 0.122. The maximum absolute atomic E-state index is 11.0. The molecule has 0 aliphatic carbocycles. The van der Waals surface area contributed by atoms with Crippen LogP contribution in [0.15, 0.2) is 0 Å². The van der Waals surface area contributed by atoms with Gasteiger partial charge < -0.3 is 14.2 Å². The number of esters is 1. The number of hydrogen-bond donors (Lipinski definition) is 0.